The van der Waals surface area contributed by atoms with Gasteiger partial charge in [-0.05, 0) is 12.8 Å². The van der Waals surface area contributed by atoms with Crippen molar-refractivity contribution < 1.29 is 18.0 Å². The number of carbonyl (C=O) groups excluding carboxylic acids is 1. The van der Waals surface area contributed by atoms with Crippen molar-refractivity contribution in [3.63, 3.8) is 0 Å². The third-order valence-corrected chi connectivity index (χ3v) is 3.97. The van der Waals surface area contributed by atoms with Gasteiger partial charge in [-0.2, -0.15) is 13.2 Å². The summed E-state index contributed by atoms with van der Waals surface area (Å²) in [6.45, 7) is 0. The number of anilines is 2. The van der Waals surface area contributed by atoms with Crippen molar-refractivity contribution in [2.75, 3.05) is 11.1 Å². The molecule has 0 spiro atoms. The fraction of sp³-hybridized carbons (Fsp3) is 0.636. The van der Waals surface area contributed by atoms with E-state index in [-0.39, 0.29) is 11.0 Å². The molecule has 1 aliphatic carbocycles. The molecule has 1 aromatic heterocycles. The fourth-order valence-corrected chi connectivity index (χ4v) is 3.05. The minimum atomic E-state index is -4.91. The van der Waals surface area contributed by atoms with Gasteiger partial charge in [0.2, 0.25) is 0 Å². The molecule has 3 N–H and O–H groups in total. The summed E-state index contributed by atoms with van der Waals surface area (Å²) in [5, 5.41) is 2.06. The van der Waals surface area contributed by atoms with Gasteiger partial charge in [0.25, 0.3) is 0 Å². The molecule has 0 bridgehead atoms. The lowest BCUT2D eigenvalue weighted by Gasteiger charge is -2.20. The van der Waals surface area contributed by atoms with Crippen LogP contribution in [0.25, 0.3) is 0 Å². The number of nitrogens with one attached hydrogen (secondary N) is 1. The molecule has 106 valence electrons. The lowest BCUT2D eigenvalue weighted by atomic mass is 9.87. The Hall–Kier alpha value is -1.31. The Morgan fingerprint density at radius 1 is 1.32 bits per heavy atom. The number of nitrogen functional groups attached to an aromatic ring is 1. The molecule has 0 atom stereocenters. The zero-order valence-corrected chi connectivity index (χ0v) is 10.9. The molecule has 0 aliphatic heterocycles. The first-order chi connectivity index (χ1) is 8.88. The van der Waals surface area contributed by atoms with Gasteiger partial charge in [0.15, 0.2) is 5.13 Å². The maximum Gasteiger partial charge on any atom is 0.471 e. The first-order valence-corrected chi connectivity index (χ1v) is 6.84. The number of thiazole rings is 1. The van der Waals surface area contributed by atoms with Crippen LogP contribution in [-0.4, -0.2) is 17.1 Å². The lowest BCUT2D eigenvalue weighted by molar-refractivity contribution is -0.167. The minimum Gasteiger partial charge on any atom is -0.389 e. The second kappa shape index (κ2) is 5.36. The third kappa shape index (κ3) is 3.37. The Kier molecular flexibility index (Phi) is 3.98. The molecule has 1 amide bonds. The second-order valence-electron chi connectivity index (χ2n) is 4.56. The average molecular weight is 293 g/mol. The Balaban J connectivity index is 2.10. The van der Waals surface area contributed by atoms with Gasteiger partial charge >= 0.3 is 12.1 Å². The fourth-order valence-electron chi connectivity index (χ4n) is 2.23. The van der Waals surface area contributed by atoms with Crippen LogP contribution >= 0.6 is 11.3 Å². The van der Waals surface area contributed by atoms with Crippen LogP contribution in [0.2, 0.25) is 0 Å². The van der Waals surface area contributed by atoms with Crippen LogP contribution < -0.4 is 11.1 Å². The number of halogens is 3. The molecule has 1 aromatic rings. The van der Waals surface area contributed by atoms with Crippen molar-refractivity contribution in [1.29, 1.82) is 0 Å². The number of alkyl halides is 3. The maximum absolute atomic E-state index is 12.1. The van der Waals surface area contributed by atoms with Crippen LogP contribution in [-0.2, 0) is 4.79 Å². The van der Waals surface area contributed by atoms with Crippen molar-refractivity contribution in [2.45, 2.75) is 44.2 Å². The Morgan fingerprint density at radius 3 is 2.53 bits per heavy atom. The highest BCUT2D eigenvalue weighted by Gasteiger charge is 2.39. The van der Waals surface area contributed by atoms with E-state index in [9.17, 15) is 18.0 Å². The lowest BCUT2D eigenvalue weighted by Crippen LogP contribution is -2.29. The highest BCUT2D eigenvalue weighted by atomic mass is 32.1. The molecule has 0 unspecified atom stereocenters. The van der Waals surface area contributed by atoms with Crippen LogP contribution in [0.3, 0.4) is 0 Å². The molecule has 1 heterocycles. The van der Waals surface area contributed by atoms with Crippen LogP contribution in [0.4, 0.5) is 23.3 Å². The van der Waals surface area contributed by atoms with E-state index in [0.717, 1.165) is 43.4 Å². The maximum atomic E-state index is 12.1. The van der Waals surface area contributed by atoms with Gasteiger partial charge in [-0.25, -0.2) is 4.98 Å². The van der Waals surface area contributed by atoms with Crippen molar-refractivity contribution in [3.05, 3.63) is 5.69 Å². The van der Waals surface area contributed by atoms with E-state index in [1.54, 1.807) is 5.32 Å². The van der Waals surface area contributed by atoms with Crippen molar-refractivity contribution in [3.8, 4) is 0 Å². The first kappa shape index (κ1) is 14.1. The number of amides is 1. The van der Waals surface area contributed by atoms with E-state index in [2.05, 4.69) is 4.98 Å². The van der Waals surface area contributed by atoms with Crippen LogP contribution in [0.1, 0.15) is 43.7 Å². The molecule has 19 heavy (non-hydrogen) atoms. The van der Waals surface area contributed by atoms with Crippen LogP contribution in [0.5, 0.6) is 0 Å². The van der Waals surface area contributed by atoms with Gasteiger partial charge in [0, 0.05) is 5.92 Å². The SMILES string of the molecule is Nc1sc(NC(=O)C(F)(F)F)nc1C1CCCCC1. The molecular weight excluding hydrogens is 279 g/mol. The number of hydrogen-bond acceptors (Lipinski definition) is 4. The summed E-state index contributed by atoms with van der Waals surface area (Å²) in [6, 6.07) is 0. The molecule has 1 fully saturated rings. The summed E-state index contributed by atoms with van der Waals surface area (Å²) in [5.41, 5.74) is 6.41. The van der Waals surface area contributed by atoms with E-state index >= 15 is 0 Å². The van der Waals surface area contributed by atoms with E-state index in [1.165, 1.54) is 0 Å². The van der Waals surface area contributed by atoms with Crippen molar-refractivity contribution in [2.24, 2.45) is 0 Å². The van der Waals surface area contributed by atoms with Gasteiger partial charge in [0.1, 0.15) is 5.00 Å². The predicted molar refractivity (Wildman–Crippen MR) is 67.0 cm³/mol. The van der Waals surface area contributed by atoms with E-state index in [4.69, 9.17) is 5.73 Å². The van der Waals surface area contributed by atoms with Crippen molar-refractivity contribution >= 4 is 27.4 Å². The number of rotatable bonds is 2. The molecule has 8 heteroatoms. The largest absolute Gasteiger partial charge is 0.471 e. The molecule has 0 saturated heterocycles. The Bertz CT molecular complexity index is 466. The average Bonchev–Trinajstić information content (AvgIpc) is 2.70. The topological polar surface area (TPSA) is 68.0 Å². The standard InChI is InChI=1S/C11H14F3N3OS/c12-11(13,14)9(18)17-10-16-7(8(15)19-10)6-4-2-1-3-5-6/h6H,1-5,15H2,(H,16,17,18). The number of aromatic nitrogens is 1. The van der Waals surface area contributed by atoms with Gasteiger partial charge in [-0.1, -0.05) is 30.6 Å². The van der Waals surface area contributed by atoms with Crippen LogP contribution in [0, 0.1) is 0 Å². The van der Waals surface area contributed by atoms with E-state index in [0.29, 0.717) is 10.7 Å². The molecule has 4 nitrogen and oxygen atoms in total. The third-order valence-electron chi connectivity index (χ3n) is 3.15. The normalized spacial score (nSPS) is 17.4. The van der Waals surface area contributed by atoms with Crippen LogP contribution in [0.15, 0.2) is 0 Å². The molecule has 1 saturated carbocycles. The van der Waals surface area contributed by atoms with Gasteiger partial charge in [-0.3, -0.25) is 10.1 Å². The number of nitrogens with two attached hydrogens (primary N) is 1. The van der Waals surface area contributed by atoms with Gasteiger partial charge in [-0.15, -0.1) is 0 Å². The van der Waals surface area contributed by atoms with Gasteiger partial charge < -0.3 is 5.73 Å². The van der Waals surface area contributed by atoms with Crippen molar-refractivity contribution in [1.82, 2.24) is 4.98 Å². The summed E-state index contributed by atoms with van der Waals surface area (Å²) in [7, 11) is 0. The molecular formula is C11H14F3N3OS. The molecule has 0 aromatic carbocycles. The predicted octanol–water partition coefficient (Wildman–Crippen LogP) is 3.27. The Morgan fingerprint density at radius 2 is 1.95 bits per heavy atom. The summed E-state index contributed by atoms with van der Waals surface area (Å²) >= 11 is 0.887. The zero-order valence-electron chi connectivity index (χ0n) is 10.1. The minimum absolute atomic E-state index is 0.0830. The number of carbonyl (C=O) groups is 1. The number of nitrogens with zero attached hydrogens (tertiary/aromatic N) is 1. The molecule has 1 aliphatic rings. The summed E-state index contributed by atoms with van der Waals surface area (Å²) in [5.74, 6) is -1.82. The highest BCUT2D eigenvalue weighted by molar-refractivity contribution is 7.19. The molecule has 2 rings (SSSR count). The summed E-state index contributed by atoms with van der Waals surface area (Å²) < 4.78 is 36.4. The zero-order chi connectivity index (χ0) is 14.0. The Labute approximate surface area is 112 Å². The molecule has 0 radical (unpaired) electrons. The highest BCUT2D eigenvalue weighted by Crippen LogP contribution is 2.38. The number of hydrogen-bond donors (Lipinski definition) is 2. The van der Waals surface area contributed by atoms with E-state index in [1.807, 2.05) is 0 Å². The van der Waals surface area contributed by atoms with Gasteiger partial charge in [0.05, 0.1) is 5.69 Å². The monoisotopic (exact) mass is 293 g/mol. The summed E-state index contributed by atoms with van der Waals surface area (Å²) in [4.78, 5) is 14.9. The first-order valence-electron chi connectivity index (χ1n) is 6.02. The quantitative estimate of drug-likeness (QED) is 0.879. The second-order valence-corrected chi connectivity index (χ2v) is 5.59. The summed E-state index contributed by atoms with van der Waals surface area (Å²) in [6.07, 6.45) is 0.294. The smallest absolute Gasteiger partial charge is 0.389 e. The van der Waals surface area contributed by atoms with E-state index < -0.39 is 12.1 Å².